The van der Waals surface area contributed by atoms with Crippen molar-refractivity contribution in [3.8, 4) is 0 Å². The van der Waals surface area contributed by atoms with Gasteiger partial charge in [-0.25, -0.2) is 4.39 Å². The number of ether oxygens (including phenoxy) is 1. The van der Waals surface area contributed by atoms with Crippen LogP contribution in [0.4, 0.5) is 10.1 Å². The normalized spacial score (nSPS) is 12.5. The molecule has 0 radical (unpaired) electrons. The molecule has 0 aliphatic rings. The lowest BCUT2D eigenvalue weighted by Crippen LogP contribution is -2.17. The van der Waals surface area contributed by atoms with Crippen molar-refractivity contribution >= 4 is 5.69 Å². The van der Waals surface area contributed by atoms with E-state index in [-0.39, 0.29) is 5.82 Å². The summed E-state index contributed by atoms with van der Waals surface area (Å²) in [6, 6.07) is 5.10. The predicted octanol–water partition coefficient (Wildman–Crippen LogP) is 2.97. The fourth-order valence-electron chi connectivity index (χ4n) is 1.42. The second kappa shape index (κ2) is 5.71. The summed E-state index contributed by atoms with van der Waals surface area (Å²) >= 11 is 0. The second-order valence-corrected chi connectivity index (χ2v) is 3.79. The zero-order valence-corrected chi connectivity index (χ0v) is 9.51. The maximum atomic E-state index is 12.8. The zero-order valence-electron chi connectivity index (χ0n) is 9.51. The summed E-state index contributed by atoms with van der Waals surface area (Å²) in [6.45, 7) is 4.71. The Morgan fingerprint density at radius 3 is 2.80 bits per heavy atom. The van der Waals surface area contributed by atoms with Crippen molar-refractivity contribution in [1.29, 1.82) is 0 Å². The van der Waals surface area contributed by atoms with E-state index in [1.807, 2.05) is 6.92 Å². The van der Waals surface area contributed by atoms with E-state index in [1.54, 1.807) is 13.2 Å². The first-order chi connectivity index (χ1) is 7.13. The van der Waals surface area contributed by atoms with Crippen LogP contribution in [0.25, 0.3) is 0 Å². The third kappa shape index (κ3) is 3.88. The Morgan fingerprint density at radius 1 is 1.47 bits per heavy atom. The predicted molar refractivity (Wildman–Crippen MR) is 60.7 cm³/mol. The van der Waals surface area contributed by atoms with Gasteiger partial charge in [0.1, 0.15) is 5.82 Å². The molecule has 1 aromatic carbocycles. The van der Waals surface area contributed by atoms with Crippen LogP contribution in [0.5, 0.6) is 0 Å². The summed E-state index contributed by atoms with van der Waals surface area (Å²) in [4.78, 5) is 0. The van der Waals surface area contributed by atoms with Gasteiger partial charge in [-0.2, -0.15) is 0 Å². The first-order valence-electron chi connectivity index (χ1n) is 5.15. The van der Waals surface area contributed by atoms with E-state index in [1.165, 1.54) is 12.1 Å². The molecule has 0 aromatic heterocycles. The minimum atomic E-state index is -0.192. The number of benzene rings is 1. The average molecular weight is 211 g/mol. The molecule has 0 saturated heterocycles. The third-order valence-corrected chi connectivity index (χ3v) is 2.35. The zero-order chi connectivity index (χ0) is 11.3. The fraction of sp³-hybridized carbons (Fsp3) is 0.500. The molecule has 15 heavy (non-hydrogen) atoms. The lowest BCUT2D eigenvalue weighted by molar-refractivity contribution is 0.191. The van der Waals surface area contributed by atoms with E-state index in [9.17, 15) is 4.39 Å². The SMILES string of the molecule is COCCC(C)Nc1ccc(F)cc1C. The van der Waals surface area contributed by atoms with E-state index in [0.717, 1.165) is 24.3 Å². The van der Waals surface area contributed by atoms with Crippen molar-refractivity contribution in [1.82, 2.24) is 0 Å². The number of nitrogens with one attached hydrogen (secondary N) is 1. The molecule has 2 nitrogen and oxygen atoms in total. The van der Waals surface area contributed by atoms with Crippen LogP contribution in [0.15, 0.2) is 18.2 Å². The Bertz CT molecular complexity index is 314. The number of methoxy groups -OCH3 is 1. The van der Waals surface area contributed by atoms with Crippen molar-refractivity contribution in [2.45, 2.75) is 26.3 Å². The van der Waals surface area contributed by atoms with E-state index >= 15 is 0 Å². The molecule has 3 heteroatoms. The van der Waals surface area contributed by atoms with Gasteiger partial charge in [0.25, 0.3) is 0 Å². The van der Waals surface area contributed by atoms with Crippen molar-refractivity contribution in [3.63, 3.8) is 0 Å². The molecular formula is C12H18FNO. The van der Waals surface area contributed by atoms with E-state index in [4.69, 9.17) is 4.74 Å². The number of halogens is 1. The van der Waals surface area contributed by atoms with Gasteiger partial charge in [-0.05, 0) is 44.0 Å². The Labute approximate surface area is 90.4 Å². The molecule has 1 rings (SSSR count). The van der Waals surface area contributed by atoms with Crippen molar-refractivity contribution < 1.29 is 9.13 Å². The van der Waals surface area contributed by atoms with Crippen LogP contribution in [0, 0.1) is 12.7 Å². The number of aryl methyl sites for hydroxylation is 1. The summed E-state index contributed by atoms with van der Waals surface area (Å²) in [5, 5.41) is 3.33. The molecule has 0 fully saturated rings. The molecule has 0 heterocycles. The second-order valence-electron chi connectivity index (χ2n) is 3.79. The molecule has 0 saturated carbocycles. The fourth-order valence-corrected chi connectivity index (χ4v) is 1.42. The van der Waals surface area contributed by atoms with Gasteiger partial charge in [0, 0.05) is 25.4 Å². The Balaban J connectivity index is 2.56. The molecular weight excluding hydrogens is 193 g/mol. The van der Waals surface area contributed by atoms with E-state index in [0.29, 0.717) is 6.04 Å². The van der Waals surface area contributed by atoms with Gasteiger partial charge in [0.05, 0.1) is 0 Å². The van der Waals surface area contributed by atoms with Crippen LogP contribution in [0.1, 0.15) is 18.9 Å². The van der Waals surface area contributed by atoms with Gasteiger partial charge < -0.3 is 10.1 Å². The van der Waals surface area contributed by atoms with Gasteiger partial charge >= 0.3 is 0 Å². The molecule has 84 valence electrons. The average Bonchev–Trinajstić information content (AvgIpc) is 2.19. The number of hydrogen-bond acceptors (Lipinski definition) is 2. The Morgan fingerprint density at radius 2 is 2.20 bits per heavy atom. The quantitative estimate of drug-likeness (QED) is 0.808. The van der Waals surface area contributed by atoms with Crippen LogP contribution in [0.2, 0.25) is 0 Å². The largest absolute Gasteiger partial charge is 0.385 e. The maximum Gasteiger partial charge on any atom is 0.123 e. The highest BCUT2D eigenvalue weighted by molar-refractivity contribution is 5.51. The highest BCUT2D eigenvalue weighted by Crippen LogP contribution is 2.17. The smallest absolute Gasteiger partial charge is 0.123 e. The summed E-state index contributed by atoms with van der Waals surface area (Å²) in [5.74, 6) is -0.192. The lowest BCUT2D eigenvalue weighted by atomic mass is 10.1. The first-order valence-corrected chi connectivity index (χ1v) is 5.15. The number of anilines is 1. The van der Waals surface area contributed by atoms with Gasteiger partial charge in [0.2, 0.25) is 0 Å². The van der Waals surface area contributed by atoms with Gasteiger partial charge in [-0.15, -0.1) is 0 Å². The molecule has 1 unspecified atom stereocenters. The number of rotatable bonds is 5. The van der Waals surface area contributed by atoms with Crippen LogP contribution in [-0.4, -0.2) is 19.8 Å². The highest BCUT2D eigenvalue weighted by atomic mass is 19.1. The van der Waals surface area contributed by atoms with Gasteiger partial charge in [0.15, 0.2) is 0 Å². The maximum absolute atomic E-state index is 12.8. The van der Waals surface area contributed by atoms with Crippen LogP contribution in [0.3, 0.4) is 0 Å². The third-order valence-electron chi connectivity index (χ3n) is 2.35. The van der Waals surface area contributed by atoms with E-state index < -0.39 is 0 Å². The highest BCUT2D eigenvalue weighted by Gasteiger charge is 2.04. The van der Waals surface area contributed by atoms with Crippen LogP contribution < -0.4 is 5.32 Å². The summed E-state index contributed by atoms with van der Waals surface area (Å²) in [5.41, 5.74) is 1.92. The molecule has 0 bridgehead atoms. The Kier molecular flexibility index (Phi) is 4.56. The van der Waals surface area contributed by atoms with Crippen molar-refractivity contribution in [2.24, 2.45) is 0 Å². The van der Waals surface area contributed by atoms with Gasteiger partial charge in [-0.3, -0.25) is 0 Å². The molecule has 1 atom stereocenters. The molecule has 0 aliphatic carbocycles. The van der Waals surface area contributed by atoms with Crippen molar-refractivity contribution in [3.05, 3.63) is 29.6 Å². The van der Waals surface area contributed by atoms with Crippen LogP contribution in [-0.2, 0) is 4.74 Å². The van der Waals surface area contributed by atoms with E-state index in [2.05, 4.69) is 12.2 Å². The molecule has 0 spiro atoms. The monoisotopic (exact) mass is 211 g/mol. The minimum Gasteiger partial charge on any atom is -0.385 e. The topological polar surface area (TPSA) is 21.3 Å². The molecule has 0 aliphatic heterocycles. The minimum absolute atomic E-state index is 0.192. The number of hydrogen-bond donors (Lipinski definition) is 1. The summed E-state index contributed by atoms with van der Waals surface area (Å²) < 4.78 is 17.8. The lowest BCUT2D eigenvalue weighted by Gasteiger charge is -2.16. The standard InChI is InChI=1S/C12H18FNO/c1-9-8-11(13)4-5-12(9)14-10(2)6-7-15-3/h4-5,8,10,14H,6-7H2,1-3H3. The Hall–Kier alpha value is -1.09. The first kappa shape index (κ1) is 12.0. The molecule has 1 N–H and O–H groups in total. The molecule has 1 aromatic rings. The van der Waals surface area contributed by atoms with Crippen molar-refractivity contribution in [2.75, 3.05) is 19.0 Å². The molecule has 0 amide bonds. The van der Waals surface area contributed by atoms with Gasteiger partial charge in [-0.1, -0.05) is 0 Å². The summed E-state index contributed by atoms with van der Waals surface area (Å²) in [6.07, 6.45) is 0.938. The summed E-state index contributed by atoms with van der Waals surface area (Å²) in [7, 11) is 1.69. The van der Waals surface area contributed by atoms with Crippen LogP contribution >= 0.6 is 0 Å².